The van der Waals surface area contributed by atoms with Gasteiger partial charge in [0.25, 0.3) is 0 Å². The summed E-state index contributed by atoms with van der Waals surface area (Å²) in [7, 11) is -1.35. The Morgan fingerprint density at radius 2 is 2.04 bits per heavy atom. The molecular formula is C15H18N6OS. The number of nitrogens with two attached hydrogens (primary N) is 1. The fourth-order valence-electron chi connectivity index (χ4n) is 2.31. The zero-order valence-corrected chi connectivity index (χ0v) is 13.7. The van der Waals surface area contributed by atoms with E-state index in [1.165, 1.54) is 7.05 Å². The lowest BCUT2D eigenvalue weighted by Gasteiger charge is -2.09. The molecular weight excluding hydrogens is 312 g/mol. The second-order valence-electron chi connectivity index (χ2n) is 4.96. The number of hydrogen-bond donors (Lipinski definition) is 2. The van der Waals surface area contributed by atoms with Gasteiger partial charge in [0, 0.05) is 25.5 Å². The van der Waals surface area contributed by atoms with Crippen molar-refractivity contribution >= 4 is 32.3 Å². The molecule has 0 aliphatic carbocycles. The van der Waals surface area contributed by atoms with Crippen LogP contribution in [0.15, 0.2) is 52.0 Å². The molecule has 0 radical (unpaired) electrons. The zero-order chi connectivity index (χ0) is 16.4. The lowest BCUT2D eigenvalue weighted by Crippen LogP contribution is -2.11. The van der Waals surface area contributed by atoms with Crippen LogP contribution in [-0.2, 0) is 16.5 Å². The third-order valence-corrected chi connectivity index (χ3v) is 5.07. The number of aromatic nitrogens is 3. The summed E-state index contributed by atoms with van der Waals surface area (Å²) in [6.45, 7) is 2.79. The molecule has 2 heterocycles. The van der Waals surface area contributed by atoms with Crippen molar-refractivity contribution in [2.24, 2.45) is 9.50 Å². The molecule has 3 rings (SSSR count). The first-order valence-electron chi connectivity index (χ1n) is 7.16. The van der Waals surface area contributed by atoms with E-state index in [2.05, 4.69) is 19.8 Å². The van der Waals surface area contributed by atoms with Crippen molar-refractivity contribution in [1.82, 2.24) is 14.8 Å². The Labute approximate surface area is 134 Å². The lowest BCUT2D eigenvalue weighted by molar-refractivity contribution is 0.677. The van der Waals surface area contributed by atoms with Gasteiger partial charge in [-0.25, -0.2) is 23.4 Å². The van der Waals surface area contributed by atoms with E-state index < -0.39 is 9.92 Å². The Bertz CT molecular complexity index is 954. The second-order valence-corrected chi connectivity index (χ2v) is 6.93. The maximum atomic E-state index is 12.0. The monoisotopic (exact) mass is 330 g/mol. The quantitative estimate of drug-likeness (QED) is 0.768. The Morgan fingerprint density at radius 3 is 2.70 bits per heavy atom. The summed E-state index contributed by atoms with van der Waals surface area (Å²) in [5.41, 5.74) is 2.61. The predicted molar refractivity (Wildman–Crippen MR) is 91.9 cm³/mol. The first kappa shape index (κ1) is 15.4. The fraction of sp³-hybridized carbons (Fsp3) is 0.200. The van der Waals surface area contributed by atoms with Crippen LogP contribution in [-0.4, -0.2) is 26.0 Å². The minimum atomic E-state index is -2.80. The van der Waals surface area contributed by atoms with Gasteiger partial charge in [0.05, 0.1) is 22.2 Å². The van der Waals surface area contributed by atoms with Gasteiger partial charge in [0.2, 0.25) is 0 Å². The van der Waals surface area contributed by atoms with Crippen LogP contribution in [0.25, 0.3) is 11.0 Å². The summed E-state index contributed by atoms with van der Waals surface area (Å²) in [5, 5.41) is 14.2. The zero-order valence-electron chi connectivity index (χ0n) is 12.9. The molecule has 0 fully saturated rings. The SMILES string of the molecule is CCn1ncc2c(Nc3ccc(S(N)(=O)=NC)cc3)ccnc21. The first-order chi connectivity index (χ1) is 11.0. The number of pyridine rings is 1. The Morgan fingerprint density at radius 1 is 1.30 bits per heavy atom. The molecule has 0 saturated heterocycles. The number of anilines is 2. The fourth-order valence-corrected chi connectivity index (χ4v) is 3.05. The average Bonchev–Trinajstić information content (AvgIpc) is 2.99. The topological polar surface area (TPSA) is 98.2 Å². The minimum absolute atomic E-state index is 0.504. The molecule has 1 unspecified atom stereocenters. The number of hydrogen-bond acceptors (Lipinski definition) is 5. The van der Waals surface area contributed by atoms with Gasteiger partial charge in [-0.05, 0) is 37.3 Å². The molecule has 3 aromatic rings. The highest BCUT2D eigenvalue weighted by molar-refractivity contribution is 7.91. The molecule has 1 atom stereocenters. The number of fused-ring (bicyclic) bond motifs is 1. The van der Waals surface area contributed by atoms with Crippen molar-refractivity contribution in [3.05, 3.63) is 42.7 Å². The standard InChI is InChI=1S/C15H18N6OS/c1-3-21-15-13(10-19-21)14(8-9-18-15)20-11-4-6-12(7-5-11)23(16,22)17-2/h4-10H,3H2,1-2H3,(H,18,20)(H2,16,17,22). The van der Waals surface area contributed by atoms with Crippen molar-refractivity contribution in [2.45, 2.75) is 18.4 Å². The second kappa shape index (κ2) is 5.98. The summed E-state index contributed by atoms with van der Waals surface area (Å²) in [4.78, 5) is 4.87. The van der Waals surface area contributed by atoms with Crippen LogP contribution in [0.1, 0.15) is 6.92 Å². The molecule has 120 valence electrons. The van der Waals surface area contributed by atoms with Crippen LogP contribution >= 0.6 is 0 Å². The Kier molecular flexibility index (Phi) is 4.01. The van der Waals surface area contributed by atoms with Crippen LogP contribution in [0.2, 0.25) is 0 Å². The number of nitrogens with one attached hydrogen (secondary N) is 1. The van der Waals surface area contributed by atoms with Crippen molar-refractivity contribution in [1.29, 1.82) is 0 Å². The highest BCUT2D eigenvalue weighted by atomic mass is 32.2. The normalized spacial score (nSPS) is 13.7. The largest absolute Gasteiger partial charge is 0.355 e. The van der Waals surface area contributed by atoms with E-state index in [4.69, 9.17) is 5.14 Å². The van der Waals surface area contributed by atoms with Crippen molar-refractivity contribution < 1.29 is 4.21 Å². The van der Waals surface area contributed by atoms with E-state index in [1.54, 1.807) is 24.5 Å². The summed E-state index contributed by atoms with van der Waals surface area (Å²) < 4.78 is 17.6. The van der Waals surface area contributed by atoms with E-state index in [0.29, 0.717) is 4.90 Å². The number of rotatable bonds is 4. The third-order valence-electron chi connectivity index (χ3n) is 3.58. The van der Waals surface area contributed by atoms with Gasteiger partial charge in [0.15, 0.2) is 5.65 Å². The van der Waals surface area contributed by atoms with Gasteiger partial charge in [-0.1, -0.05) is 0 Å². The van der Waals surface area contributed by atoms with Crippen LogP contribution in [0.5, 0.6) is 0 Å². The van der Waals surface area contributed by atoms with E-state index >= 15 is 0 Å². The predicted octanol–water partition coefficient (Wildman–Crippen LogP) is 2.53. The van der Waals surface area contributed by atoms with Crippen molar-refractivity contribution in [3.8, 4) is 0 Å². The minimum Gasteiger partial charge on any atom is -0.355 e. The van der Waals surface area contributed by atoms with Gasteiger partial charge in [-0.15, -0.1) is 0 Å². The smallest absolute Gasteiger partial charge is 0.159 e. The van der Waals surface area contributed by atoms with Gasteiger partial charge >= 0.3 is 0 Å². The molecule has 0 bridgehead atoms. The van der Waals surface area contributed by atoms with Crippen molar-refractivity contribution in [2.75, 3.05) is 12.4 Å². The molecule has 0 spiro atoms. The van der Waals surface area contributed by atoms with Crippen LogP contribution in [0, 0.1) is 0 Å². The van der Waals surface area contributed by atoms with E-state index in [1.807, 2.05) is 29.8 Å². The summed E-state index contributed by atoms with van der Waals surface area (Å²) in [5.74, 6) is 0. The van der Waals surface area contributed by atoms with Gasteiger partial charge in [-0.2, -0.15) is 5.10 Å². The highest BCUT2D eigenvalue weighted by Crippen LogP contribution is 2.25. The maximum absolute atomic E-state index is 12.0. The van der Waals surface area contributed by atoms with Gasteiger partial charge in [0.1, 0.15) is 9.92 Å². The molecule has 0 saturated carbocycles. The Balaban J connectivity index is 1.94. The highest BCUT2D eigenvalue weighted by Gasteiger charge is 2.09. The lowest BCUT2D eigenvalue weighted by atomic mass is 10.2. The molecule has 7 nitrogen and oxygen atoms in total. The number of nitrogens with zero attached hydrogens (tertiary/aromatic N) is 4. The summed E-state index contributed by atoms with van der Waals surface area (Å²) in [6.07, 6.45) is 3.54. The van der Waals surface area contributed by atoms with E-state index in [-0.39, 0.29) is 0 Å². The third kappa shape index (κ3) is 2.90. The molecule has 0 aliphatic heterocycles. The first-order valence-corrected chi connectivity index (χ1v) is 8.73. The molecule has 3 N–H and O–H groups in total. The van der Waals surface area contributed by atoms with Gasteiger partial charge < -0.3 is 5.32 Å². The Hall–Kier alpha value is -2.45. The maximum Gasteiger partial charge on any atom is 0.159 e. The molecule has 2 aromatic heterocycles. The molecule has 0 aliphatic rings. The van der Waals surface area contributed by atoms with Crippen LogP contribution < -0.4 is 10.5 Å². The molecule has 0 amide bonds. The number of benzene rings is 1. The molecule has 1 aromatic carbocycles. The van der Waals surface area contributed by atoms with Crippen LogP contribution in [0.4, 0.5) is 11.4 Å². The number of aryl methyl sites for hydroxylation is 1. The van der Waals surface area contributed by atoms with Gasteiger partial charge in [-0.3, -0.25) is 0 Å². The summed E-state index contributed by atoms with van der Waals surface area (Å²) >= 11 is 0. The average molecular weight is 330 g/mol. The molecule has 8 heteroatoms. The summed E-state index contributed by atoms with van der Waals surface area (Å²) in [6, 6.07) is 8.97. The van der Waals surface area contributed by atoms with E-state index in [9.17, 15) is 4.21 Å². The van der Waals surface area contributed by atoms with Crippen LogP contribution in [0.3, 0.4) is 0 Å². The van der Waals surface area contributed by atoms with E-state index in [0.717, 1.165) is 29.0 Å². The van der Waals surface area contributed by atoms with Crippen molar-refractivity contribution in [3.63, 3.8) is 0 Å². The molecule has 23 heavy (non-hydrogen) atoms.